The zero-order valence-corrected chi connectivity index (χ0v) is 17.9. The number of aliphatic hydroxyl groups excluding tert-OH is 3. The maximum Gasteiger partial charge on any atom is 0.332 e. The van der Waals surface area contributed by atoms with Gasteiger partial charge in [-0.05, 0) is 36.1 Å². The Morgan fingerprint density at radius 1 is 1.12 bits per heavy atom. The molecule has 5 N–H and O–H groups in total. The average Bonchev–Trinajstić information content (AvgIpc) is 2.77. The Morgan fingerprint density at radius 3 is 2.38 bits per heavy atom. The van der Waals surface area contributed by atoms with Crippen LogP contribution < -0.4 is 0 Å². The van der Waals surface area contributed by atoms with E-state index in [1.807, 2.05) is 13.8 Å². The maximum atomic E-state index is 12.0. The Kier molecular flexibility index (Phi) is 9.60. The molecular weight excluding hydrogens is 424 g/mol. The summed E-state index contributed by atoms with van der Waals surface area (Å²) >= 11 is 0. The van der Waals surface area contributed by atoms with Crippen molar-refractivity contribution in [2.45, 2.75) is 63.5 Å². The number of esters is 1. The van der Waals surface area contributed by atoms with Gasteiger partial charge in [0.2, 0.25) is 0 Å². The fraction of sp³-hybridized carbons (Fsp3) is 0.545. The Balaban J connectivity index is 1.97. The van der Waals surface area contributed by atoms with Crippen molar-refractivity contribution in [3.8, 4) is 5.75 Å². The number of benzene rings is 1. The van der Waals surface area contributed by atoms with Gasteiger partial charge in [0.25, 0.3) is 0 Å². The number of ether oxygens (including phenoxy) is 3. The number of aliphatic carboxylic acids is 1. The molecule has 0 radical (unpaired) electrons. The molecule has 1 aromatic rings. The van der Waals surface area contributed by atoms with Gasteiger partial charge in [0.15, 0.2) is 12.4 Å². The molecule has 7 unspecified atom stereocenters. The molecule has 1 aliphatic heterocycles. The third-order valence-corrected chi connectivity index (χ3v) is 5.25. The van der Waals surface area contributed by atoms with Gasteiger partial charge in [-0.3, -0.25) is 0 Å². The van der Waals surface area contributed by atoms with Gasteiger partial charge in [-0.1, -0.05) is 32.4 Å². The van der Waals surface area contributed by atoms with E-state index >= 15 is 0 Å². The number of aromatic hydroxyl groups is 1. The molecule has 1 heterocycles. The monoisotopic (exact) mass is 454 g/mol. The van der Waals surface area contributed by atoms with Gasteiger partial charge in [0, 0.05) is 6.08 Å². The minimum absolute atomic E-state index is 0.0319. The van der Waals surface area contributed by atoms with Crippen LogP contribution in [0.2, 0.25) is 0 Å². The molecule has 2 rings (SSSR count). The Bertz CT molecular complexity index is 777. The number of hydrogen-bond donors (Lipinski definition) is 5. The van der Waals surface area contributed by atoms with Crippen molar-refractivity contribution < 1.29 is 49.3 Å². The highest BCUT2D eigenvalue weighted by molar-refractivity contribution is 5.87. The highest BCUT2D eigenvalue weighted by Crippen LogP contribution is 2.25. The lowest BCUT2D eigenvalue weighted by atomic mass is 9.98. The van der Waals surface area contributed by atoms with Crippen molar-refractivity contribution >= 4 is 18.0 Å². The second kappa shape index (κ2) is 11.9. The van der Waals surface area contributed by atoms with E-state index < -0.39 is 55.4 Å². The molecule has 1 aliphatic rings. The van der Waals surface area contributed by atoms with Gasteiger partial charge in [0.1, 0.15) is 36.8 Å². The number of carbonyl (C=O) groups is 2. The number of aliphatic hydroxyl groups is 3. The third-order valence-electron chi connectivity index (χ3n) is 5.25. The second-order valence-corrected chi connectivity index (χ2v) is 7.78. The summed E-state index contributed by atoms with van der Waals surface area (Å²) in [4.78, 5) is 23.5. The van der Waals surface area contributed by atoms with Crippen LogP contribution in [0.1, 0.15) is 32.3 Å². The minimum atomic E-state index is -1.69. The highest BCUT2D eigenvalue weighted by atomic mass is 16.7. The molecule has 0 bridgehead atoms. The van der Waals surface area contributed by atoms with Crippen molar-refractivity contribution in [1.29, 1.82) is 0 Å². The number of hydrogen-bond acceptors (Lipinski definition) is 9. The van der Waals surface area contributed by atoms with Gasteiger partial charge in [0.05, 0.1) is 0 Å². The molecule has 10 nitrogen and oxygen atoms in total. The molecule has 0 spiro atoms. The number of carboxylic acids is 1. The van der Waals surface area contributed by atoms with E-state index in [2.05, 4.69) is 0 Å². The van der Waals surface area contributed by atoms with Crippen molar-refractivity contribution in [3.63, 3.8) is 0 Å². The first-order valence-corrected chi connectivity index (χ1v) is 10.3. The summed E-state index contributed by atoms with van der Waals surface area (Å²) < 4.78 is 15.9. The summed E-state index contributed by atoms with van der Waals surface area (Å²) in [5.41, 5.74) is 0.640. The molecule has 7 atom stereocenters. The van der Waals surface area contributed by atoms with E-state index in [0.717, 1.165) is 12.5 Å². The Hall–Kier alpha value is -2.50. The summed E-state index contributed by atoms with van der Waals surface area (Å²) in [6.45, 7) is 3.28. The zero-order chi connectivity index (χ0) is 23.8. The number of phenolic OH excluding ortho intramolecular Hbond substituents is 1. The number of phenols is 1. The molecule has 0 saturated carbocycles. The summed E-state index contributed by atoms with van der Waals surface area (Å²) in [5.74, 6) is -1.89. The Labute approximate surface area is 185 Å². The van der Waals surface area contributed by atoms with Crippen LogP contribution in [-0.2, 0) is 23.8 Å². The van der Waals surface area contributed by atoms with Gasteiger partial charge < -0.3 is 39.7 Å². The van der Waals surface area contributed by atoms with E-state index in [1.165, 1.54) is 18.2 Å². The van der Waals surface area contributed by atoms with Crippen LogP contribution in [-0.4, -0.2) is 80.9 Å². The molecule has 1 saturated heterocycles. The first-order valence-electron chi connectivity index (χ1n) is 10.3. The fourth-order valence-corrected chi connectivity index (χ4v) is 3.04. The topological polar surface area (TPSA) is 163 Å². The molecule has 1 fully saturated rings. The lowest BCUT2D eigenvalue weighted by Crippen LogP contribution is -2.60. The molecule has 0 aliphatic carbocycles. The lowest BCUT2D eigenvalue weighted by molar-refractivity contribution is -0.311. The maximum absolute atomic E-state index is 12.0. The second-order valence-electron chi connectivity index (χ2n) is 7.78. The van der Waals surface area contributed by atoms with Gasteiger partial charge >= 0.3 is 11.9 Å². The predicted molar refractivity (Wildman–Crippen MR) is 111 cm³/mol. The number of carboxylic acid groups (broad SMARTS) is 1. The molecule has 10 heteroatoms. The van der Waals surface area contributed by atoms with E-state index in [1.54, 1.807) is 12.1 Å². The van der Waals surface area contributed by atoms with Crippen LogP contribution in [0.25, 0.3) is 6.08 Å². The molecular formula is C22H30O10. The SMILES string of the molecule is CCC(C)CC(OC1OC(COC(=O)C=Cc2ccc(O)cc2)C(O)C(O)C1O)C(=O)O. The number of rotatable bonds is 10. The van der Waals surface area contributed by atoms with E-state index in [-0.39, 0.29) is 18.1 Å². The summed E-state index contributed by atoms with van der Waals surface area (Å²) in [7, 11) is 0. The third kappa shape index (κ3) is 7.28. The fourth-order valence-electron chi connectivity index (χ4n) is 3.04. The van der Waals surface area contributed by atoms with E-state index in [9.17, 15) is 35.1 Å². The quantitative estimate of drug-likeness (QED) is 0.251. The lowest BCUT2D eigenvalue weighted by Gasteiger charge is -2.40. The molecule has 0 aromatic heterocycles. The standard InChI is InChI=1S/C22H30O10/c1-3-12(2)10-15(21(28)29)31-22-20(27)19(26)18(25)16(32-22)11-30-17(24)9-6-13-4-7-14(23)8-5-13/h4-9,12,15-16,18-20,22-23,25-27H,3,10-11H2,1-2H3,(H,28,29). The number of carbonyl (C=O) groups excluding carboxylic acids is 1. The molecule has 32 heavy (non-hydrogen) atoms. The zero-order valence-electron chi connectivity index (χ0n) is 17.9. The predicted octanol–water partition coefficient (Wildman–Crippen LogP) is 0.662. The van der Waals surface area contributed by atoms with Gasteiger partial charge in [-0.25, -0.2) is 9.59 Å². The van der Waals surface area contributed by atoms with Crippen LogP contribution in [0.3, 0.4) is 0 Å². The van der Waals surface area contributed by atoms with Crippen molar-refractivity contribution in [2.75, 3.05) is 6.61 Å². The van der Waals surface area contributed by atoms with E-state index in [0.29, 0.717) is 5.56 Å². The van der Waals surface area contributed by atoms with Crippen LogP contribution in [0.15, 0.2) is 30.3 Å². The highest BCUT2D eigenvalue weighted by Gasteiger charge is 2.46. The molecule has 1 aromatic carbocycles. The van der Waals surface area contributed by atoms with Crippen molar-refractivity contribution in [1.82, 2.24) is 0 Å². The smallest absolute Gasteiger partial charge is 0.332 e. The minimum Gasteiger partial charge on any atom is -0.508 e. The Morgan fingerprint density at radius 2 is 1.78 bits per heavy atom. The molecule has 178 valence electrons. The summed E-state index contributed by atoms with van der Waals surface area (Å²) in [6, 6.07) is 6.08. The summed E-state index contributed by atoms with van der Waals surface area (Å²) in [5, 5.41) is 49.1. The summed E-state index contributed by atoms with van der Waals surface area (Å²) in [6.07, 6.45) is -5.56. The average molecular weight is 454 g/mol. The van der Waals surface area contributed by atoms with Crippen LogP contribution in [0, 0.1) is 5.92 Å². The normalized spacial score (nSPS) is 27.7. The van der Waals surface area contributed by atoms with Crippen LogP contribution in [0.4, 0.5) is 0 Å². The van der Waals surface area contributed by atoms with E-state index in [4.69, 9.17) is 14.2 Å². The van der Waals surface area contributed by atoms with Crippen LogP contribution in [0.5, 0.6) is 5.75 Å². The first-order chi connectivity index (χ1) is 15.1. The van der Waals surface area contributed by atoms with Crippen LogP contribution >= 0.6 is 0 Å². The largest absolute Gasteiger partial charge is 0.508 e. The first kappa shape index (κ1) is 25.8. The molecule has 0 amide bonds. The van der Waals surface area contributed by atoms with Gasteiger partial charge in [-0.2, -0.15) is 0 Å². The van der Waals surface area contributed by atoms with Gasteiger partial charge in [-0.15, -0.1) is 0 Å². The van der Waals surface area contributed by atoms with Crippen molar-refractivity contribution in [3.05, 3.63) is 35.9 Å². The van der Waals surface area contributed by atoms with Crippen molar-refractivity contribution in [2.24, 2.45) is 5.92 Å².